The number of hydrogen-bond acceptors (Lipinski definition) is 3. The van der Waals surface area contributed by atoms with Gasteiger partial charge in [0.25, 0.3) is 6.47 Å². The molecule has 0 radical (unpaired) electrons. The number of rotatable bonds is 4. The van der Waals surface area contributed by atoms with Gasteiger partial charge in [0.15, 0.2) is 0 Å². The molecule has 0 aromatic carbocycles. The molecular formula is C6H10O4. The maximum absolute atomic E-state index is 9.56. The summed E-state index contributed by atoms with van der Waals surface area (Å²) in [6.07, 6.45) is 3.37. The lowest BCUT2D eigenvalue weighted by Gasteiger charge is -1.78. The van der Waals surface area contributed by atoms with Gasteiger partial charge in [0.05, 0.1) is 0 Å². The van der Waals surface area contributed by atoms with E-state index in [9.17, 15) is 9.59 Å². The van der Waals surface area contributed by atoms with E-state index in [0.717, 1.165) is 12.6 Å². The quantitative estimate of drug-likeness (QED) is 0.456. The first-order valence-corrected chi connectivity index (χ1v) is 2.78. The Morgan fingerprint density at radius 3 is 1.50 bits per heavy atom. The van der Waals surface area contributed by atoms with Crippen LogP contribution in [-0.4, -0.2) is 24.2 Å². The summed E-state index contributed by atoms with van der Waals surface area (Å²) in [5.41, 5.74) is 0. The van der Waals surface area contributed by atoms with Gasteiger partial charge < -0.3 is 14.7 Å². The van der Waals surface area contributed by atoms with Gasteiger partial charge >= 0.3 is 0 Å². The molecule has 1 N–H and O–H groups in total. The minimum atomic E-state index is -0.250. The lowest BCUT2D eigenvalue weighted by molar-refractivity contribution is -0.123. The van der Waals surface area contributed by atoms with Crippen LogP contribution in [0.2, 0.25) is 0 Å². The molecule has 0 aromatic heterocycles. The first-order valence-electron chi connectivity index (χ1n) is 2.78. The van der Waals surface area contributed by atoms with Gasteiger partial charge in [-0.25, -0.2) is 0 Å². The fraction of sp³-hybridized carbons (Fsp3) is 0.500. The third kappa shape index (κ3) is 29.1. The van der Waals surface area contributed by atoms with Crippen LogP contribution in [-0.2, 0) is 14.4 Å². The molecule has 0 aliphatic carbocycles. The number of carbonyl (C=O) groups excluding carboxylic acids is 2. The molecule has 10 heavy (non-hydrogen) atoms. The Bertz CT molecular complexity index is 81.7. The van der Waals surface area contributed by atoms with Gasteiger partial charge in [0, 0.05) is 12.8 Å². The van der Waals surface area contributed by atoms with Crippen LogP contribution in [0.15, 0.2) is 0 Å². The van der Waals surface area contributed by atoms with Crippen molar-refractivity contribution < 1.29 is 19.5 Å². The molecule has 0 unspecified atom stereocenters. The molecule has 0 rings (SSSR count). The van der Waals surface area contributed by atoms with E-state index in [0.29, 0.717) is 19.3 Å². The summed E-state index contributed by atoms with van der Waals surface area (Å²) in [6.45, 7) is -0.250. The second kappa shape index (κ2) is 15.7. The lowest BCUT2D eigenvalue weighted by atomic mass is 10.3. The van der Waals surface area contributed by atoms with Crippen LogP contribution in [0, 0.1) is 0 Å². The summed E-state index contributed by atoms with van der Waals surface area (Å²) in [4.78, 5) is 27.5. The van der Waals surface area contributed by atoms with Gasteiger partial charge in [-0.1, -0.05) is 0 Å². The molecule has 0 aliphatic heterocycles. The second-order valence-corrected chi connectivity index (χ2v) is 1.37. The van der Waals surface area contributed by atoms with Gasteiger partial charge in [-0.2, -0.15) is 0 Å². The second-order valence-electron chi connectivity index (χ2n) is 1.37. The molecule has 58 valence electrons. The summed E-state index contributed by atoms with van der Waals surface area (Å²) in [7, 11) is 0. The van der Waals surface area contributed by atoms with Crippen LogP contribution < -0.4 is 0 Å². The molecule has 0 atom stereocenters. The first kappa shape index (κ1) is 11.6. The highest BCUT2D eigenvalue weighted by atomic mass is 16.3. The normalized spacial score (nSPS) is 6.80. The summed E-state index contributed by atoms with van der Waals surface area (Å²) in [5, 5.41) is 6.89. The van der Waals surface area contributed by atoms with Gasteiger partial charge in [0.2, 0.25) is 0 Å². The van der Waals surface area contributed by atoms with E-state index in [-0.39, 0.29) is 6.47 Å². The van der Waals surface area contributed by atoms with Gasteiger partial charge in [-0.3, -0.25) is 4.79 Å². The molecule has 0 saturated heterocycles. The smallest absolute Gasteiger partial charge is 0.290 e. The average molecular weight is 146 g/mol. The van der Waals surface area contributed by atoms with Crippen LogP contribution in [0.3, 0.4) is 0 Å². The topological polar surface area (TPSA) is 71.4 Å². The zero-order valence-corrected chi connectivity index (χ0v) is 5.53. The molecule has 0 aromatic rings. The molecule has 0 bridgehead atoms. The Morgan fingerprint density at radius 1 is 1.00 bits per heavy atom. The summed E-state index contributed by atoms with van der Waals surface area (Å²) >= 11 is 0. The van der Waals surface area contributed by atoms with Crippen LogP contribution in [0.25, 0.3) is 0 Å². The van der Waals surface area contributed by atoms with E-state index in [4.69, 9.17) is 9.90 Å². The molecule has 0 amide bonds. The molecule has 0 spiro atoms. The maximum atomic E-state index is 9.56. The van der Waals surface area contributed by atoms with E-state index in [1.807, 2.05) is 0 Å². The molecule has 0 saturated carbocycles. The van der Waals surface area contributed by atoms with Crippen molar-refractivity contribution >= 4 is 19.0 Å². The first-order chi connectivity index (χ1) is 4.83. The van der Waals surface area contributed by atoms with Crippen molar-refractivity contribution in [1.29, 1.82) is 0 Å². The van der Waals surface area contributed by atoms with Crippen LogP contribution in [0.4, 0.5) is 0 Å². The third-order valence-corrected chi connectivity index (χ3v) is 0.644. The highest BCUT2D eigenvalue weighted by molar-refractivity contribution is 5.52. The zero-order chi connectivity index (χ0) is 8.24. The Morgan fingerprint density at radius 2 is 1.30 bits per heavy atom. The monoisotopic (exact) mass is 146 g/mol. The predicted molar refractivity (Wildman–Crippen MR) is 34.7 cm³/mol. The standard InChI is InChI=1S/C5H8O2.CH2O2/c6-4-2-1-3-5-7;2-1-3/h4-5H,1-3H2;1H,(H,2,3). The largest absolute Gasteiger partial charge is 0.483 e. The number of unbranched alkanes of at least 4 members (excludes halogenated alkanes) is 2. The van der Waals surface area contributed by atoms with E-state index in [2.05, 4.69) is 0 Å². The lowest BCUT2D eigenvalue weighted by Crippen LogP contribution is -1.76. The van der Waals surface area contributed by atoms with Crippen molar-refractivity contribution in [2.45, 2.75) is 19.3 Å². The SMILES string of the molecule is O=CCCCC=O.O=CO. The van der Waals surface area contributed by atoms with Crippen molar-refractivity contribution in [3.8, 4) is 0 Å². The number of hydrogen-bond donors (Lipinski definition) is 1. The van der Waals surface area contributed by atoms with Crippen molar-refractivity contribution in [3.05, 3.63) is 0 Å². The number of aldehydes is 2. The van der Waals surface area contributed by atoms with E-state index < -0.39 is 0 Å². The highest BCUT2D eigenvalue weighted by Gasteiger charge is 1.80. The Balaban J connectivity index is 0. The third-order valence-electron chi connectivity index (χ3n) is 0.644. The molecule has 4 heteroatoms. The van der Waals surface area contributed by atoms with Crippen molar-refractivity contribution in [2.75, 3.05) is 0 Å². The number of carboxylic acid groups (broad SMARTS) is 1. The maximum Gasteiger partial charge on any atom is 0.290 e. The predicted octanol–water partition coefficient (Wildman–Crippen LogP) is 0.255. The molecule has 0 fully saturated rings. The fourth-order valence-corrected chi connectivity index (χ4v) is 0.285. The van der Waals surface area contributed by atoms with E-state index in [1.54, 1.807) is 0 Å². The van der Waals surface area contributed by atoms with Gasteiger partial charge in [-0.05, 0) is 6.42 Å². The summed E-state index contributed by atoms with van der Waals surface area (Å²) in [6, 6.07) is 0. The minimum Gasteiger partial charge on any atom is -0.483 e. The fourth-order valence-electron chi connectivity index (χ4n) is 0.285. The summed E-state index contributed by atoms with van der Waals surface area (Å²) < 4.78 is 0. The molecule has 0 aliphatic rings. The molecular weight excluding hydrogens is 136 g/mol. The van der Waals surface area contributed by atoms with E-state index >= 15 is 0 Å². The van der Waals surface area contributed by atoms with Gasteiger partial charge in [-0.15, -0.1) is 0 Å². The van der Waals surface area contributed by atoms with Crippen molar-refractivity contribution in [1.82, 2.24) is 0 Å². The van der Waals surface area contributed by atoms with Crippen LogP contribution in [0.5, 0.6) is 0 Å². The Hall–Kier alpha value is -1.19. The zero-order valence-electron chi connectivity index (χ0n) is 5.53. The van der Waals surface area contributed by atoms with Crippen molar-refractivity contribution in [3.63, 3.8) is 0 Å². The Kier molecular flexibility index (Phi) is 18.1. The number of carbonyl (C=O) groups is 3. The molecule has 4 nitrogen and oxygen atoms in total. The van der Waals surface area contributed by atoms with Gasteiger partial charge in [0.1, 0.15) is 12.6 Å². The molecule has 0 heterocycles. The average Bonchev–Trinajstić information content (AvgIpc) is 1.91. The van der Waals surface area contributed by atoms with Crippen LogP contribution >= 0.6 is 0 Å². The van der Waals surface area contributed by atoms with E-state index in [1.165, 1.54) is 0 Å². The Labute approximate surface area is 58.8 Å². The minimum absolute atomic E-state index is 0.250. The highest BCUT2D eigenvalue weighted by Crippen LogP contribution is 1.85. The van der Waals surface area contributed by atoms with Crippen LogP contribution in [0.1, 0.15) is 19.3 Å². The summed E-state index contributed by atoms with van der Waals surface area (Å²) in [5.74, 6) is 0. The van der Waals surface area contributed by atoms with Crippen molar-refractivity contribution in [2.24, 2.45) is 0 Å².